The van der Waals surface area contributed by atoms with Crippen LogP contribution in [0.2, 0.25) is 0 Å². The third-order valence-corrected chi connectivity index (χ3v) is 4.63. The molecule has 2 N–H and O–H groups in total. The molecule has 0 aromatic carbocycles. The molecular weight excluding hydrogens is 328 g/mol. The predicted molar refractivity (Wildman–Crippen MR) is 87.9 cm³/mol. The first kappa shape index (κ1) is 21.6. The van der Waals surface area contributed by atoms with E-state index in [1.807, 2.05) is 0 Å². The summed E-state index contributed by atoms with van der Waals surface area (Å²) in [4.78, 5) is 0. The van der Waals surface area contributed by atoms with Gasteiger partial charge < -0.3 is 0 Å². The molecule has 0 aliphatic rings. The SMILES string of the molecule is O=S(=O)(O)/C=C/CCCCCCCCCCCCS(=O)(=O)O. The highest BCUT2D eigenvalue weighted by Crippen LogP contribution is 2.11. The standard InChI is InChI=1S/C14H28O6S2/c15-21(16,17)13-11-9-7-5-3-1-2-4-6-8-10-12-14-22(18,19)20/h11,13H,1-10,12,14H2,(H,15,16,17)(H,18,19,20)/b13-11+. The van der Waals surface area contributed by atoms with Crippen molar-refractivity contribution in [3.8, 4) is 0 Å². The van der Waals surface area contributed by atoms with Crippen molar-refractivity contribution in [2.75, 3.05) is 5.75 Å². The second kappa shape index (κ2) is 12.0. The zero-order valence-corrected chi connectivity index (χ0v) is 14.6. The van der Waals surface area contributed by atoms with Gasteiger partial charge in [0.2, 0.25) is 0 Å². The Bertz CT molecular complexity index is 493. The molecule has 0 atom stereocenters. The molecule has 0 fully saturated rings. The van der Waals surface area contributed by atoms with Gasteiger partial charge in [-0.15, -0.1) is 0 Å². The van der Waals surface area contributed by atoms with E-state index < -0.39 is 20.2 Å². The number of rotatable bonds is 14. The van der Waals surface area contributed by atoms with E-state index in [-0.39, 0.29) is 5.75 Å². The Kier molecular flexibility index (Phi) is 11.8. The monoisotopic (exact) mass is 356 g/mol. The first-order valence-electron chi connectivity index (χ1n) is 7.80. The molecule has 22 heavy (non-hydrogen) atoms. The molecule has 0 aliphatic carbocycles. The maximum atomic E-state index is 10.5. The van der Waals surface area contributed by atoms with Crippen molar-refractivity contribution in [1.29, 1.82) is 0 Å². The van der Waals surface area contributed by atoms with Crippen molar-refractivity contribution in [2.45, 2.75) is 70.6 Å². The van der Waals surface area contributed by atoms with E-state index in [0.29, 0.717) is 12.8 Å². The Labute approximate surface area is 134 Å². The van der Waals surface area contributed by atoms with Gasteiger partial charge in [0.15, 0.2) is 0 Å². The summed E-state index contributed by atoms with van der Waals surface area (Å²) in [6, 6.07) is 0. The number of allylic oxidation sites excluding steroid dienone is 1. The van der Waals surface area contributed by atoms with Crippen molar-refractivity contribution >= 4 is 20.2 Å². The minimum Gasteiger partial charge on any atom is -0.286 e. The summed E-state index contributed by atoms with van der Waals surface area (Å²) in [6.45, 7) is 0. The molecule has 0 bridgehead atoms. The molecule has 0 rings (SSSR count). The molecule has 0 spiro atoms. The summed E-state index contributed by atoms with van der Waals surface area (Å²) in [5.74, 6) is -0.140. The zero-order chi connectivity index (χ0) is 16.9. The van der Waals surface area contributed by atoms with Crippen LogP contribution in [0, 0.1) is 0 Å². The molecule has 0 aliphatic heterocycles. The molecule has 0 aromatic heterocycles. The van der Waals surface area contributed by atoms with E-state index in [9.17, 15) is 16.8 Å². The smallest absolute Gasteiger partial charge is 0.286 e. The van der Waals surface area contributed by atoms with E-state index >= 15 is 0 Å². The summed E-state index contributed by atoms with van der Waals surface area (Å²) in [5, 5.41) is 0.828. The second-order valence-corrected chi connectivity index (χ2v) is 8.37. The van der Waals surface area contributed by atoms with Crippen molar-refractivity contribution in [3.63, 3.8) is 0 Å². The van der Waals surface area contributed by atoms with Crippen molar-refractivity contribution in [3.05, 3.63) is 11.5 Å². The predicted octanol–water partition coefficient (Wildman–Crippen LogP) is 3.57. The van der Waals surface area contributed by atoms with Crippen LogP contribution < -0.4 is 0 Å². The number of unbranched alkanes of at least 4 members (excludes halogenated alkanes) is 10. The van der Waals surface area contributed by atoms with Gasteiger partial charge in [-0.2, -0.15) is 16.8 Å². The highest BCUT2D eigenvalue weighted by Gasteiger charge is 2.02. The largest absolute Gasteiger partial charge is 0.287 e. The first-order chi connectivity index (χ1) is 10.2. The first-order valence-corrected chi connectivity index (χ1v) is 10.9. The second-order valence-electron chi connectivity index (χ2n) is 5.50. The van der Waals surface area contributed by atoms with Crippen LogP contribution in [-0.2, 0) is 20.2 Å². The summed E-state index contributed by atoms with van der Waals surface area (Å²) < 4.78 is 58.8. The average molecular weight is 357 g/mol. The molecule has 0 unspecified atom stereocenters. The topological polar surface area (TPSA) is 109 Å². The lowest BCUT2D eigenvalue weighted by molar-refractivity contribution is 0.478. The molecule has 0 aromatic rings. The highest BCUT2D eigenvalue weighted by atomic mass is 32.2. The molecule has 132 valence electrons. The molecule has 8 heteroatoms. The number of hydrogen-bond donors (Lipinski definition) is 2. The van der Waals surface area contributed by atoms with Crippen LogP contribution >= 0.6 is 0 Å². The maximum absolute atomic E-state index is 10.5. The molecule has 0 heterocycles. The van der Waals surface area contributed by atoms with Gasteiger partial charge >= 0.3 is 0 Å². The fourth-order valence-electron chi connectivity index (χ4n) is 2.15. The fraction of sp³-hybridized carbons (Fsp3) is 0.857. The quantitative estimate of drug-likeness (QED) is 0.364. The van der Waals surface area contributed by atoms with E-state index in [4.69, 9.17) is 9.11 Å². The Morgan fingerprint density at radius 2 is 1.05 bits per heavy atom. The van der Waals surface area contributed by atoms with Crippen LogP contribution in [0.25, 0.3) is 0 Å². The summed E-state index contributed by atoms with van der Waals surface area (Å²) >= 11 is 0. The molecule has 0 saturated heterocycles. The van der Waals surface area contributed by atoms with Gasteiger partial charge in [-0.3, -0.25) is 9.11 Å². The van der Waals surface area contributed by atoms with E-state index in [0.717, 1.165) is 63.2 Å². The van der Waals surface area contributed by atoms with Crippen LogP contribution in [0.4, 0.5) is 0 Å². The van der Waals surface area contributed by atoms with Crippen LogP contribution in [0.1, 0.15) is 70.6 Å². The molecular formula is C14H28O6S2. The Morgan fingerprint density at radius 1 is 0.636 bits per heavy atom. The highest BCUT2D eigenvalue weighted by molar-refractivity contribution is 7.88. The van der Waals surface area contributed by atoms with Gasteiger partial charge in [0, 0.05) is 0 Å². The lowest BCUT2D eigenvalue weighted by Gasteiger charge is -2.02. The van der Waals surface area contributed by atoms with Gasteiger partial charge in [-0.05, 0) is 19.3 Å². The van der Waals surface area contributed by atoms with Gasteiger partial charge in [-0.25, -0.2) is 0 Å². The van der Waals surface area contributed by atoms with Crippen molar-refractivity contribution in [1.82, 2.24) is 0 Å². The van der Waals surface area contributed by atoms with E-state index in [1.54, 1.807) is 0 Å². The van der Waals surface area contributed by atoms with Crippen LogP contribution in [0.5, 0.6) is 0 Å². The molecule has 0 radical (unpaired) electrons. The lowest BCUT2D eigenvalue weighted by atomic mass is 10.1. The van der Waals surface area contributed by atoms with E-state index in [2.05, 4.69) is 0 Å². The summed E-state index contributed by atoms with van der Waals surface area (Å²) in [6.07, 6.45) is 12.1. The zero-order valence-electron chi connectivity index (χ0n) is 13.0. The Hall–Kier alpha value is -0.440. The third kappa shape index (κ3) is 19.6. The van der Waals surface area contributed by atoms with Crippen LogP contribution in [0.15, 0.2) is 11.5 Å². The normalized spacial score (nSPS) is 13.0. The number of hydrogen-bond acceptors (Lipinski definition) is 4. The van der Waals surface area contributed by atoms with Gasteiger partial charge in [0.25, 0.3) is 20.2 Å². The van der Waals surface area contributed by atoms with Crippen molar-refractivity contribution < 1.29 is 25.9 Å². The summed E-state index contributed by atoms with van der Waals surface area (Å²) in [5.41, 5.74) is 0. The van der Waals surface area contributed by atoms with Crippen molar-refractivity contribution in [2.24, 2.45) is 0 Å². The third-order valence-electron chi connectivity index (χ3n) is 3.29. The van der Waals surface area contributed by atoms with Crippen LogP contribution in [-0.4, -0.2) is 31.7 Å². The van der Waals surface area contributed by atoms with Gasteiger partial charge in [0.05, 0.1) is 11.2 Å². The minimum absolute atomic E-state index is 0.140. The molecule has 6 nitrogen and oxygen atoms in total. The minimum atomic E-state index is -3.97. The Balaban J connectivity index is 3.23. The van der Waals surface area contributed by atoms with Gasteiger partial charge in [0.1, 0.15) is 0 Å². The molecule has 0 amide bonds. The lowest BCUT2D eigenvalue weighted by Crippen LogP contribution is -2.03. The maximum Gasteiger partial charge on any atom is 0.287 e. The summed E-state index contributed by atoms with van der Waals surface area (Å²) in [7, 11) is -7.77. The Morgan fingerprint density at radius 3 is 1.45 bits per heavy atom. The van der Waals surface area contributed by atoms with Crippen LogP contribution in [0.3, 0.4) is 0 Å². The van der Waals surface area contributed by atoms with E-state index in [1.165, 1.54) is 6.08 Å². The fourth-order valence-corrected chi connectivity index (χ4v) is 3.10. The average Bonchev–Trinajstić information content (AvgIpc) is 2.36. The van der Waals surface area contributed by atoms with Gasteiger partial charge in [-0.1, -0.05) is 57.4 Å². The molecule has 0 saturated carbocycles.